The lowest BCUT2D eigenvalue weighted by molar-refractivity contribution is -0.137. The van der Waals surface area contributed by atoms with Crippen molar-refractivity contribution in [3.63, 3.8) is 0 Å². The molecule has 0 aliphatic rings. The second-order valence-corrected chi connectivity index (χ2v) is 11.0. The van der Waals surface area contributed by atoms with E-state index in [1.807, 2.05) is 0 Å². The minimum Gasteiger partial charge on any atom is -0.302 e. The summed E-state index contributed by atoms with van der Waals surface area (Å²) in [5.74, 6) is -1.88. The SMILES string of the molecule is CS(=O)(=O)c1ccc(-c2csc(-c3cc(C(F)(F)F)c(C#N)c(=O)n3Cc3ccc(F)cc3F)c2)cc1. The molecule has 0 radical (unpaired) electrons. The molecule has 12 heteroatoms. The quantitative estimate of drug-likeness (QED) is 0.292. The molecule has 0 amide bonds. The predicted molar refractivity (Wildman–Crippen MR) is 128 cm³/mol. The summed E-state index contributed by atoms with van der Waals surface area (Å²) in [6.07, 6.45) is -3.96. The van der Waals surface area contributed by atoms with Gasteiger partial charge in [0, 0.05) is 17.9 Å². The van der Waals surface area contributed by atoms with Crippen LogP contribution < -0.4 is 5.56 Å². The summed E-state index contributed by atoms with van der Waals surface area (Å²) < 4.78 is 93.2. The standard InChI is InChI=1S/C25H15F5N2O3S2/c1-37(34,35)18-6-3-14(4-7-18)16-8-23(36-13-16)22-10-20(25(28,29)30)19(11-31)24(33)32(22)12-15-2-5-17(26)9-21(15)27/h2-10,13H,12H2,1H3. The summed E-state index contributed by atoms with van der Waals surface area (Å²) in [6.45, 7) is -0.552. The van der Waals surface area contributed by atoms with E-state index >= 15 is 0 Å². The number of aromatic nitrogens is 1. The van der Waals surface area contributed by atoms with Gasteiger partial charge >= 0.3 is 6.18 Å². The highest BCUT2D eigenvalue weighted by molar-refractivity contribution is 7.90. The van der Waals surface area contributed by atoms with E-state index in [0.29, 0.717) is 23.3 Å². The van der Waals surface area contributed by atoms with Crippen LogP contribution in [0.4, 0.5) is 22.0 Å². The van der Waals surface area contributed by atoms with Gasteiger partial charge in [-0.25, -0.2) is 17.2 Å². The second-order valence-electron chi connectivity index (χ2n) is 8.05. The highest BCUT2D eigenvalue weighted by Crippen LogP contribution is 2.37. The molecule has 5 nitrogen and oxygen atoms in total. The van der Waals surface area contributed by atoms with Gasteiger partial charge in [0.05, 0.1) is 27.6 Å². The maximum atomic E-state index is 14.4. The fraction of sp³-hybridized carbons (Fsp3) is 0.120. The first-order valence-corrected chi connectivity index (χ1v) is 13.1. The van der Waals surface area contributed by atoms with Gasteiger partial charge in [0.1, 0.15) is 23.3 Å². The summed E-state index contributed by atoms with van der Waals surface area (Å²) in [5.41, 5.74) is -3.14. The number of sulfone groups is 1. The average molecular weight is 551 g/mol. The van der Waals surface area contributed by atoms with E-state index < -0.39 is 50.9 Å². The maximum absolute atomic E-state index is 14.4. The van der Waals surface area contributed by atoms with Gasteiger partial charge in [-0.05, 0) is 46.8 Å². The number of hydrogen-bond acceptors (Lipinski definition) is 5. The Balaban J connectivity index is 1.89. The smallest absolute Gasteiger partial charge is 0.302 e. The Morgan fingerprint density at radius 2 is 1.68 bits per heavy atom. The van der Waals surface area contributed by atoms with Crippen LogP contribution in [0.3, 0.4) is 0 Å². The Hall–Kier alpha value is -3.82. The maximum Gasteiger partial charge on any atom is 0.417 e. The van der Waals surface area contributed by atoms with Crippen LogP contribution in [-0.2, 0) is 22.6 Å². The van der Waals surface area contributed by atoms with Crippen molar-refractivity contribution in [2.45, 2.75) is 17.6 Å². The minimum absolute atomic E-state index is 0.0868. The topological polar surface area (TPSA) is 79.9 Å². The molecule has 0 spiro atoms. The summed E-state index contributed by atoms with van der Waals surface area (Å²) in [4.78, 5) is 13.3. The number of benzene rings is 2. The summed E-state index contributed by atoms with van der Waals surface area (Å²) in [7, 11) is -3.43. The van der Waals surface area contributed by atoms with Crippen molar-refractivity contribution in [1.82, 2.24) is 4.57 Å². The lowest BCUT2D eigenvalue weighted by Gasteiger charge is -2.17. The fourth-order valence-electron chi connectivity index (χ4n) is 3.68. The first-order chi connectivity index (χ1) is 17.3. The number of thiophene rings is 1. The number of rotatable bonds is 5. The van der Waals surface area contributed by atoms with Gasteiger partial charge in [-0.1, -0.05) is 18.2 Å². The van der Waals surface area contributed by atoms with Crippen molar-refractivity contribution in [2.24, 2.45) is 0 Å². The molecular formula is C25H15F5N2O3S2. The molecule has 37 heavy (non-hydrogen) atoms. The first kappa shape index (κ1) is 26.2. The molecule has 2 heterocycles. The molecule has 4 aromatic rings. The van der Waals surface area contributed by atoms with Gasteiger partial charge in [-0.2, -0.15) is 18.4 Å². The van der Waals surface area contributed by atoms with Crippen molar-refractivity contribution < 1.29 is 30.4 Å². The highest BCUT2D eigenvalue weighted by Gasteiger charge is 2.36. The Labute approximate surface area is 211 Å². The Bertz CT molecular complexity index is 1720. The van der Waals surface area contributed by atoms with Crippen LogP contribution in [-0.4, -0.2) is 19.2 Å². The molecule has 0 bridgehead atoms. The van der Waals surface area contributed by atoms with E-state index in [1.165, 1.54) is 36.4 Å². The molecule has 0 unspecified atom stereocenters. The number of alkyl halides is 3. The Morgan fingerprint density at radius 3 is 2.24 bits per heavy atom. The van der Waals surface area contributed by atoms with Crippen LogP contribution in [0, 0.1) is 23.0 Å². The monoisotopic (exact) mass is 550 g/mol. The zero-order valence-corrected chi connectivity index (χ0v) is 20.4. The van der Waals surface area contributed by atoms with Crippen LogP contribution in [0.25, 0.3) is 21.7 Å². The lowest BCUT2D eigenvalue weighted by atomic mass is 10.1. The van der Waals surface area contributed by atoms with E-state index in [2.05, 4.69) is 0 Å². The number of halogens is 5. The van der Waals surface area contributed by atoms with Gasteiger partial charge in [0.2, 0.25) is 0 Å². The van der Waals surface area contributed by atoms with Crippen LogP contribution >= 0.6 is 11.3 Å². The molecule has 4 rings (SSSR count). The molecular weight excluding hydrogens is 535 g/mol. The van der Waals surface area contributed by atoms with Crippen LogP contribution in [0.5, 0.6) is 0 Å². The van der Waals surface area contributed by atoms with E-state index in [4.69, 9.17) is 0 Å². The molecule has 0 aliphatic carbocycles. The highest BCUT2D eigenvalue weighted by atomic mass is 32.2. The van der Waals surface area contributed by atoms with E-state index in [9.17, 15) is 40.4 Å². The molecule has 0 N–H and O–H groups in total. The Kier molecular flexibility index (Phi) is 6.79. The van der Waals surface area contributed by atoms with Crippen LogP contribution in [0.15, 0.2) is 69.7 Å². The van der Waals surface area contributed by atoms with Crippen molar-refractivity contribution in [3.05, 3.63) is 98.7 Å². The first-order valence-electron chi connectivity index (χ1n) is 10.4. The molecule has 2 aromatic heterocycles. The van der Waals surface area contributed by atoms with Crippen molar-refractivity contribution in [2.75, 3.05) is 6.26 Å². The van der Waals surface area contributed by atoms with Crippen molar-refractivity contribution >= 4 is 21.2 Å². The number of hydrogen-bond donors (Lipinski definition) is 0. The molecule has 0 saturated carbocycles. The van der Waals surface area contributed by atoms with Gasteiger partial charge in [0.25, 0.3) is 5.56 Å². The Morgan fingerprint density at radius 1 is 1.00 bits per heavy atom. The molecule has 2 aromatic carbocycles. The summed E-state index contributed by atoms with van der Waals surface area (Å²) >= 11 is 0.998. The minimum atomic E-state index is -5.01. The average Bonchev–Trinajstić information content (AvgIpc) is 3.30. The van der Waals surface area contributed by atoms with E-state index in [-0.39, 0.29) is 21.0 Å². The zero-order valence-electron chi connectivity index (χ0n) is 18.8. The molecule has 0 atom stereocenters. The van der Waals surface area contributed by atoms with Gasteiger partial charge in [-0.15, -0.1) is 11.3 Å². The number of nitriles is 1. The number of nitrogens with zero attached hydrogens (tertiary/aromatic N) is 2. The lowest BCUT2D eigenvalue weighted by Crippen LogP contribution is -2.28. The third-order valence-electron chi connectivity index (χ3n) is 5.53. The normalized spacial score (nSPS) is 11.9. The van der Waals surface area contributed by atoms with Crippen molar-refractivity contribution in [1.29, 1.82) is 5.26 Å². The molecule has 0 fully saturated rings. The predicted octanol–water partition coefficient (Wildman–Crippen LogP) is 5.86. The summed E-state index contributed by atoms with van der Waals surface area (Å²) in [5, 5.41) is 10.9. The van der Waals surface area contributed by atoms with Crippen molar-refractivity contribution in [3.8, 4) is 27.8 Å². The van der Waals surface area contributed by atoms with Gasteiger partial charge in [0.15, 0.2) is 9.84 Å². The van der Waals surface area contributed by atoms with Gasteiger partial charge in [-0.3, -0.25) is 4.79 Å². The summed E-state index contributed by atoms with van der Waals surface area (Å²) in [6, 6.07) is 11.9. The second kappa shape index (κ2) is 9.57. The van der Waals surface area contributed by atoms with Crippen LogP contribution in [0.2, 0.25) is 0 Å². The van der Waals surface area contributed by atoms with Crippen LogP contribution in [0.1, 0.15) is 16.7 Å². The molecule has 0 aliphatic heterocycles. The molecule has 0 saturated heterocycles. The third kappa shape index (κ3) is 5.33. The van der Waals surface area contributed by atoms with E-state index in [0.717, 1.165) is 34.3 Å². The van der Waals surface area contributed by atoms with Gasteiger partial charge < -0.3 is 4.57 Å². The zero-order chi connectivity index (χ0) is 27.1. The largest absolute Gasteiger partial charge is 0.417 e. The number of pyridine rings is 1. The van der Waals surface area contributed by atoms with E-state index in [1.54, 1.807) is 5.38 Å². The molecule has 190 valence electrons. The fourth-order valence-corrected chi connectivity index (χ4v) is 5.25. The third-order valence-corrected chi connectivity index (χ3v) is 7.61.